The van der Waals surface area contributed by atoms with Crippen LogP contribution in [0.15, 0.2) is 22.8 Å². The van der Waals surface area contributed by atoms with Gasteiger partial charge in [-0.3, -0.25) is 0 Å². The number of nitrogens with two attached hydrogens (primary N) is 1. The molecule has 13 heavy (non-hydrogen) atoms. The number of halogens is 2. The second-order valence-electron chi connectivity index (χ2n) is 2.73. The Morgan fingerprint density at radius 3 is 2.92 bits per heavy atom. The average Bonchev–Trinajstić information content (AvgIpc) is 2.47. The first-order valence-corrected chi connectivity index (χ1v) is 4.15. The van der Waals surface area contributed by atoms with Gasteiger partial charge >= 0.3 is 0 Å². The van der Waals surface area contributed by atoms with Gasteiger partial charge in [0.1, 0.15) is 5.82 Å². The van der Waals surface area contributed by atoms with Crippen molar-refractivity contribution in [3.63, 3.8) is 0 Å². The number of furan rings is 1. The summed E-state index contributed by atoms with van der Waals surface area (Å²) in [5.74, 6) is -0.381. The van der Waals surface area contributed by atoms with Gasteiger partial charge in [-0.25, -0.2) is 4.39 Å². The molecule has 0 saturated heterocycles. The maximum absolute atomic E-state index is 12.9. The molecule has 1 heterocycles. The Hall–Kier alpha value is -1.06. The minimum atomic E-state index is -0.381. The Bertz CT molecular complexity index is 452. The highest BCUT2D eigenvalue weighted by atomic mass is 35.5. The average molecular weight is 200 g/mol. The van der Waals surface area contributed by atoms with Crippen molar-refractivity contribution in [3.8, 4) is 0 Å². The molecule has 0 aliphatic heterocycles. The highest BCUT2D eigenvalue weighted by Crippen LogP contribution is 2.28. The summed E-state index contributed by atoms with van der Waals surface area (Å²) < 4.78 is 18.1. The lowest BCUT2D eigenvalue weighted by molar-refractivity contribution is 0.606. The molecular formula is C9H7ClFNO. The molecule has 2 N–H and O–H groups in total. The van der Waals surface area contributed by atoms with E-state index in [0.717, 1.165) is 5.56 Å². The van der Waals surface area contributed by atoms with E-state index in [1.54, 1.807) is 0 Å². The summed E-state index contributed by atoms with van der Waals surface area (Å²) in [6.07, 6.45) is 1.50. The highest BCUT2D eigenvalue weighted by molar-refractivity contribution is 6.34. The summed E-state index contributed by atoms with van der Waals surface area (Å²) in [7, 11) is 0. The van der Waals surface area contributed by atoms with Gasteiger partial charge in [-0.05, 0) is 12.1 Å². The predicted molar refractivity (Wildman–Crippen MR) is 49.1 cm³/mol. The van der Waals surface area contributed by atoms with Gasteiger partial charge in [0.2, 0.25) is 0 Å². The van der Waals surface area contributed by atoms with E-state index < -0.39 is 0 Å². The van der Waals surface area contributed by atoms with Crippen molar-refractivity contribution >= 4 is 22.6 Å². The van der Waals surface area contributed by atoms with E-state index in [2.05, 4.69) is 0 Å². The Kier molecular flexibility index (Phi) is 1.98. The molecule has 0 spiro atoms. The van der Waals surface area contributed by atoms with Crippen molar-refractivity contribution in [1.82, 2.24) is 0 Å². The monoisotopic (exact) mass is 199 g/mol. The van der Waals surface area contributed by atoms with Crippen molar-refractivity contribution in [1.29, 1.82) is 0 Å². The fourth-order valence-electron chi connectivity index (χ4n) is 1.27. The molecule has 2 nitrogen and oxygen atoms in total. The quantitative estimate of drug-likeness (QED) is 0.767. The van der Waals surface area contributed by atoms with Gasteiger partial charge in [-0.1, -0.05) is 11.6 Å². The number of fused-ring (bicyclic) bond motifs is 1. The van der Waals surface area contributed by atoms with E-state index in [9.17, 15) is 4.39 Å². The zero-order valence-corrected chi connectivity index (χ0v) is 7.44. The number of hydrogen-bond donors (Lipinski definition) is 1. The molecule has 1 aromatic carbocycles. The third-order valence-corrected chi connectivity index (χ3v) is 2.17. The number of hydrogen-bond acceptors (Lipinski definition) is 2. The van der Waals surface area contributed by atoms with Crippen LogP contribution in [-0.2, 0) is 6.54 Å². The molecule has 0 radical (unpaired) electrons. The minimum Gasteiger partial charge on any atom is -0.462 e. The van der Waals surface area contributed by atoms with Crippen LogP contribution in [0.2, 0.25) is 5.02 Å². The van der Waals surface area contributed by atoms with Gasteiger partial charge < -0.3 is 10.2 Å². The fraction of sp³-hybridized carbons (Fsp3) is 0.111. The molecule has 1 aromatic heterocycles. The molecule has 0 saturated carbocycles. The lowest BCUT2D eigenvalue weighted by Crippen LogP contribution is -1.94. The van der Waals surface area contributed by atoms with Gasteiger partial charge in [0.15, 0.2) is 5.58 Å². The fourth-order valence-corrected chi connectivity index (χ4v) is 1.52. The first-order chi connectivity index (χ1) is 6.22. The van der Waals surface area contributed by atoms with Crippen LogP contribution in [-0.4, -0.2) is 0 Å². The number of benzene rings is 1. The summed E-state index contributed by atoms with van der Waals surface area (Å²) in [6.45, 7) is 0.312. The Labute approximate surface area is 79.1 Å². The van der Waals surface area contributed by atoms with E-state index in [-0.39, 0.29) is 10.8 Å². The van der Waals surface area contributed by atoms with Gasteiger partial charge in [0, 0.05) is 17.5 Å². The lowest BCUT2D eigenvalue weighted by atomic mass is 10.2. The zero-order valence-electron chi connectivity index (χ0n) is 6.68. The van der Waals surface area contributed by atoms with Crippen LogP contribution >= 0.6 is 11.6 Å². The second-order valence-corrected chi connectivity index (χ2v) is 3.14. The van der Waals surface area contributed by atoms with Gasteiger partial charge in [-0.15, -0.1) is 0 Å². The van der Waals surface area contributed by atoms with E-state index in [1.165, 1.54) is 18.4 Å². The standard InChI is InChI=1S/C9H7ClFNO/c10-8-2-6(11)1-7-5(3-12)4-13-9(7)8/h1-2,4H,3,12H2. The molecule has 2 rings (SSSR count). The molecule has 0 amide bonds. The first kappa shape index (κ1) is 8.53. The molecule has 2 aromatic rings. The van der Waals surface area contributed by atoms with Crippen LogP contribution < -0.4 is 5.73 Å². The molecule has 0 unspecified atom stereocenters. The van der Waals surface area contributed by atoms with Crippen molar-refractivity contribution in [3.05, 3.63) is 34.8 Å². The lowest BCUT2D eigenvalue weighted by Gasteiger charge is -1.94. The minimum absolute atomic E-state index is 0.273. The Balaban J connectivity index is 2.82. The van der Waals surface area contributed by atoms with Gasteiger partial charge in [-0.2, -0.15) is 0 Å². The second kappa shape index (κ2) is 3.01. The summed E-state index contributed by atoms with van der Waals surface area (Å²) in [4.78, 5) is 0. The Morgan fingerprint density at radius 1 is 1.46 bits per heavy atom. The first-order valence-electron chi connectivity index (χ1n) is 3.77. The third kappa shape index (κ3) is 1.30. The molecular weight excluding hydrogens is 193 g/mol. The predicted octanol–water partition coefficient (Wildman–Crippen LogP) is 2.68. The molecule has 68 valence electrons. The van der Waals surface area contributed by atoms with Crippen LogP contribution in [0.5, 0.6) is 0 Å². The maximum Gasteiger partial charge on any atom is 0.152 e. The largest absolute Gasteiger partial charge is 0.462 e. The van der Waals surface area contributed by atoms with Crippen LogP contribution in [0, 0.1) is 5.82 Å². The highest BCUT2D eigenvalue weighted by Gasteiger charge is 2.09. The van der Waals surface area contributed by atoms with Crippen molar-refractivity contribution < 1.29 is 8.81 Å². The van der Waals surface area contributed by atoms with Crippen molar-refractivity contribution in [2.45, 2.75) is 6.54 Å². The summed E-state index contributed by atoms with van der Waals surface area (Å²) in [5, 5.41) is 0.919. The van der Waals surface area contributed by atoms with Crippen LogP contribution in [0.25, 0.3) is 11.0 Å². The molecule has 0 aliphatic rings. The van der Waals surface area contributed by atoms with E-state index in [1.807, 2.05) is 0 Å². The Morgan fingerprint density at radius 2 is 2.23 bits per heavy atom. The smallest absolute Gasteiger partial charge is 0.152 e. The van der Waals surface area contributed by atoms with Gasteiger partial charge in [0.05, 0.1) is 11.3 Å². The molecule has 0 atom stereocenters. The van der Waals surface area contributed by atoms with Crippen molar-refractivity contribution in [2.24, 2.45) is 5.73 Å². The van der Waals surface area contributed by atoms with Gasteiger partial charge in [0.25, 0.3) is 0 Å². The third-order valence-electron chi connectivity index (χ3n) is 1.89. The summed E-state index contributed by atoms with van der Waals surface area (Å²) in [6, 6.07) is 2.58. The van der Waals surface area contributed by atoms with Crippen LogP contribution in [0.4, 0.5) is 4.39 Å². The molecule has 0 fully saturated rings. The molecule has 0 bridgehead atoms. The van der Waals surface area contributed by atoms with E-state index in [0.29, 0.717) is 17.5 Å². The van der Waals surface area contributed by atoms with E-state index in [4.69, 9.17) is 21.8 Å². The zero-order chi connectivity index (χ0) is 9.42. The normalized spacial score (nSPS) is 11.0. The molecule has 4 heteroatoms. The van der Waals surface area contributed by atoms with Crippen LogP contribution in [0.1, 0.15) is 5.56 Å². The molecule has 0 aliphatic carbocycles. The summed E-state index contributed by atoms with van der Waals surface area (Å²) >= 11 is 5.76. The van der Waals surface area contributed by atoms with Crippen LogP contribution in [0.3, 0.4) is 0 Å². The summed E-state index contributed by atoms with van der Waals surface area (Å²) in [5.41, 5.74) is 6.68. The maximum atomic E-state index is 12.9. The SMILES string of the molecule is NCc1coc2c(Cl)cc(F)cc12. The van der Waals surface area contributed by atoms with E-state index >= 15 is 0 Å². The topological polar surface area (TPSA) is 39.2 Å². The number of rotatable bonds is 1. The van der Waals surface area contributed by atoms with Crippen molar-refractivity contribution in [2.75, 3.05) is 0 Å².